The summed E-state index contributed by atoms with van der Waals surface area (Å²) in [6.07, 6.45) is 2.23. The molecule has 0 saturated carbocycles. The third kappa shape index (κ3) is 4.68. The molecule has 0 fully saturated rings. The highest BCUT2D eigenvalue weighted by Crippen LogP contribution is 2.58. The monoisotopic (exact) mass is 530 g/mol. The zero-order valence-electron chi connectivity index (χ0n) is 23.3. The summed E-state index contributed by atoms with van der Waals surface area (Å²) in [4.78, 5) is 13.1. The summed E-state index contributed by atoms with van der Waals surface area (Å²) < 4.78 is 40.8. The van der Waals surface area contributed by atoms with Crippen LogP contribution in [0.5, 0.6) is 34.5 Å². The van der Waals surface area contributed by atoms with Crippen LogP contribution >= 0.6 is 0 Å². The molecule has 0 aromatic heterocycles. The molecule has 0 saturated heterocycles. The topological polar surface area (TPSA) is 102 Å². The van der Waals surface area contributed by atoms with Crippen LogP contribution in [0.4, 0.5) is 0 Å². The Kier molecular flexibility index (Phi) is 8.16. The van der Waals surface area contributed by atoms with E-state index in [1.165, 1.54) is 21.3 Å². The Morgan fingerprint density at radius 3 is 2.37 bits per heavy atom. The fraction of sp³-hybridized carbons (Fsp3) is 0.552. The number of hydrogen-bond donors (Lipinski definition) is 1. The summed E-state index contributed by atoms with van der Waals surface area (Å²) in [5.74, 6) is 1.84. The molecule has 1 aliphatic heterocycles. The van der Waals surface area contributed by atoms with Gasteiger partial charge >= 0.3 is 5.97 Å². The summed E-state index contributed by atoms with van der Waals surface area (Å²) in [6.45, 7) is 5.76. The van der Waals surface area contributed by atoms with Gasteiger partial charge in [-0.1, -0.05) is 26.7 Å². The molecule has 9 nitrogen and oxygen atoms in total. The molecule has 0 radical (unpaired) electrons. The minimum absolute atomic E-state index is 0.0714. The molecule has 3 atom stereocenters. The van der Waals surface area contributed by atoms with Gasteiger partial charge in [-0.05, 0) is 43.4 Å². The number of esters is 1. The van der Waals surface area contributed by atoms with Crippen molar-refractivity contribution in [2.24, 2.45) is 5.92 Å². The zero-order chi connectivity index (χ0) is 27.6. The van der Waals surface area contributed by atoms with Gasteiger partial charge in [0.25, 0.3) is 0 Å². The van der Waals surface area contributed by atoms with E-state index in [2.05, 4.69) is 6.92 Å². The van der Waals surface area contributed by atoms with Crippen molar-refractivity contribution in [3.8, 4) is 45.6 Å². The molecule has 208 valence electrons. The van der Waals surface area contributed by atoms with Crippen molar-refractivity contribution in [1.82, 2.24) is 0 Å². The highest BCUT2D eigenvalue weighted by molar-refractivity contribution is 5.86. The fourth-order valence-electron chi connectivity index (χ4n) is 5.33. The molecular formula is C29H38O9. The lowest BCUT2D eigenvalue weighted by Gasteiger charge is -2.41. The lowest BCUT2D eigenvalue weighted by atomic mass is 9.73. The van der Waals surface area contributed by atoms with E-state index in [4.69, 9.17) is 33.2 Å². The first kappa shape index (κ1) is 27.7. The van der Waals surface area contributed by atoms with Crippen molar-refractivity contribution in [1.29, 1.82) is 0 Å². The number of unbranched alkanes of at least 4 members (excludes halogenated alkanes) is 2. The number of hydrogen-bond acceptors (Lipinski definition) is 9. The smallest absolute Gasteiger partial charge is 0.306 e. The Balaban J connectivity index is 2.06. The lowest BCUT2D eigenvalue weighted by molar-refractivity contribution is -0.171. The van der Waals surface area contributed by atoms with Crippen molar-refractivity contribution in [3.63, 3.8) is 0 Å². The van der Waals surface area contributed by atoms with Crippen LogP contribution < -0.4 is 28.4 Å². The summed E-state index contributed by atoms with van der Waals surface area (Å²) in [5.41, 5.74) is 1.21. The van der Waals surface area contributed by atoms with Crippen molar-refractivity contribution in [2.45, 2.75) is 64.6 Å². The van der Waals surface area contributed by atoms with Crippen LogP contribution in [-0.4, -0.2) is 51.9 Å². The standard InChI is InChI=1S/C29H38O9/c1-8-9-10-11-21(30)38-28-23-18(14-19(32-4)24(33-5)27(23)35-7)22-17(12-16(2)29(28,3)31)13-20-25(26(22)34-6)37-15-36-20/h13-14,16,28,31H,8-12,15H2,1-7H3/t16-,28-,29-/m0/s1. The van der Waals surface area contributed by atoms with Gasteiger partial charge in [-0.25, -0.2) is 0 Å². The molecule has 0 unspecified atom stereocenters. The normalized spacial score (nSPS) is 21.5. The quantitative estimate of drug-likeness (QED) is 0.345. The number of aliphatic hydroxyl groups is 1. The number of ether oxygens (including phenoxy) is 7. The molecular weight excluding hydrogens is 492 g/mol. The van der Waals surface area contributed by atoms with Crippen LogP contribution in [0.2, 0.25) is 0 Å². The number of benzene rings is 2. The first-order valence-electron chi connectivity index (χ1n) is 13.0. The molecule has 4 rings (SSSR count). The molecule has 0 amide bonds. The summed E-state index contributed by atoms with van der Waals surface area (Å²) in [5, 5.41) is 12.0. The second-order valence-electron chi connectivity index (χ2n) is 9.94. The van der Waals surface area contributed by atoms with E-state index in [0.29, 0.717) is 58.5 Å². The number of fused-ring (bicyclic) bond motifs is 4. The first-order chi connectivity index (χ1) is 18.2. The third-order valence-corrected chi connectivity index (χ3v) is 7.59. The predicted octanol–water partition coefficient (Wildman–Crippen LogP) is 5.22. The largest absolute Gasteiger partial charge is 0.493 e. The van der Waals surface area contributed by atoms with E-state index in [9.17, 15) is 9.90 Å². The number of carbonyl (C=O) groups excluding carboxylic acids is 1. The maximum absolute atomic E-state index is 13.1. The van der Waals surface area contributed by atoms with Gasteiger partial charge in [0.05, 0.1) is 28.4 Å². The van der Waals surface area contributed by atoms with Crippen LogP contribution in [0.3, 0.4) is 0 Å². The first-order valence-corrected chi connectivity index (χ1v) is 13.0. The molecule has 9 heteroatoms. The second-order valence-corrected chi connectivity index (χ2v) is 9.94. The molecule has 0 spiro atoms. The maximum Gasteiger partial charge on any atom is 0.306 e. The minimum Gasteiger partial charge on any atom is -0.493 e. The van der Waals surface area contributed by atoms with Crippen molar-refractivity contribution < 1.29 is 43.1 Å². The summed E-state index contributed by atoms with van der Waals surface area (Å²) in [6, 6.07) is 3.71. The van der Waals surface area contributed by atoms with Crippen LogP contribution in [0.25, 0.3) is 11.1 Å². The van der Waals surface area contributed by atoms with E-state index in [0.717, 1.165) is 24.0 Å². The molecule has 2 aromatic rings. The summed E-state index contributed by atoms with van der Waals surface area (Å²) in [7, 11) is 6.12. The molecule has 1 heterocycles. The average Bonchev–Trinajstić information content (AvgIpc) is 3.37. The highest BCUT2D eigenvalue weighted by Gasteiger charge is 2.47. The van der Waals surface area contributed by atoms with Gasteiger partial charge in [-0.15, -0.1) is 0 Å². The van der Waals surface area contributed by atoms with Gasteiger partial charge in [0.2, 0.25) is 18.3 Å². The Morgan fingerprint density at radius 2 is 1.74 bits per heavy atom. The van der Waals surface area contributed by atoms with Gasteiger partial charge in [-0.3, -0.25) is 4.79 Å². The predicted molar refractivity (Wildman–Crippen MR) is 141 cm³/mol. The molecule has 0 bridgehead atoms. The average molecular weight is 531 g/mol. The van der Waals surface area contributed by atoms with Crippen molar-refractivity contribution >= 4 is 5.97 Å². The Morgan fingerprint density at radius 1 is 1.03 bits per heavy atom. The van der Waals surface area contributed by atoms with Crippen LogP contribution in [0, 0.1) is 5.92 Å². The molecule has 2 aromatic carbocycles. The zero-order valence-corrected chi connectivity index (χ0v) is 23.3. The lowest BCUT2D eigenvalue weighted by Crippen LogP contribution is -2.44. The van der Waals surface area contributed by atoms with Gasteiger partial charge < -0.3 is 38.3 Å². The number of rotatable bonds is 9. The van der Waals surface area contributed by atoms with E-state index in [-0.39, 0.29) is 19.1 Å². The van der Waals surface area contributed by atoms with Crippen molar-refractivity contribution in [2.75, 3.05) is 35.2 Å². The van der Waals surface area contributed by atoms with Crippen LogP contribution in [-0.2, 0) is 16.0 Å². The third-order valence-electron chi connectivity index (χ3n) is 7.59. The highest BCUT2D eigenvalue weighted by atomic mass is 16.7. The maximum atomic E-state index is 13.1. The van der Waals surface area contributed by atoms with Gasteiger partial charge in [0.15, 0.2) is 29.1 Å². The SMILES string of the molecule is CCCCCC(=O)O[C@H]1c2c(cc(OC)c(OC)c2OC)-c2c(cc3c(c2OC)OCO3)C[C@H](C)[C@]1(C)O. The van der Waals surface area contributed by atoms with Gasteiger partial charge in [-0.2, -0.15) is 0 Å². The van der Waals surface area contributed by atoms with Crippen molar-refractivity contribution in [3.05, 3.63) is 23.3 Å². The molecule has 1 aliphatic carbocycles. The molecule has 38 heavy (non-hydrogen) atoms. The van der Waals surface area contributed by atoms with E-state index >= 15 is 0 Å². The Hall–Kier alpha value is -3.33. The molecule has 2 aliphatic rings. The minimum atomic E-state index is -1.47. The van der Waals surface area contributed by atoms with E-state index in [1.54, 1.807) is 20.1 Å². The van der Waals surface area contributed by atoms with Crippen LogP contribution in [0.15, 0.2) is 12.1 Å². The molecule has 1 N–H and O–H groups in total. The van der Waals surface area contributed by atoms with E-state index in [1.807, 2.05) is 13.0 Å². The Bertz CT molecular complexity index is 1190. The van der Waals surface area contributed by atoms with E-state index < -0.39 is 17.7 Å². The second kappa shape index (κ2) is 11.2. The number of methoxy groups -OCH3 is 4. The van der Waals surface area contributed by atoms with Gasteiger partial charge in [0.1, 0.15) is 5.60 Å². The van der Waals surface area contributed by atoms with Crippen LogP contribution in [0.1, 0.15) is 63.7 Å². The number of carbonyl (C=O) groups is 1. The fourth-order valence-corrected chi connectivity index (χ4v) is 5.33. The Labute approximate surface area is 223 Å². The van der Waals surface area contributed by atoms with Gasteiger partial charge in [0, 0.05) is 23.1 Å². The summed E-state index contributed by atoms with van der Waals surface area (Å²) >= 11 is 0.